The van der Waals surface area contributed by atoms with Crippen LogP contribution in [0.15, 0.2) is 79.1 Å². The standard InChI is InChI=1S/C28H27NO4/c1-30-23-15-22(16-24(17-23)31-2)29(18-20-11-13-32-27-9-5-3-7-25(20)27)19-21-12-14-33-28-10-6-4-8-26(21)28/h3-10,15-19H,11-14H2,1-2H3/b20-18+,21-19+. The molecular formula is C28H27NO4. The van der Waals surface area contributed by atoms with Gasteiger partial charge in [-0.3, -0.25) is 0 Å². The molecule has 0 saturated carbocycles. The van der Waals surface area contributed by atoms with Crippen LogP contribution in [0.3, 0.4) is 0 Å². The maximum atomic E-state index is 5.88. The Morgan fingerprint density at radius 3 is 1.67 bits per heavy atom. The normalized spacial score (nSPS) is 16.9. The summed E-state index contributed by atoms with van der Waals surface area (Å²) in [6.45, 7) is 1.32. The number of ether oxygens (including phenoxy) is 4. The molecule has 3 aromatic carbocycles. The number of anilines is 1. The zero-order chi connectivity index (χ0) is 22.6. The zero-order valence-corrected chi connectivity index (χ0v) is 18.9. The number of rotatable bonds is 5. The SMILES string of the molecule is COc1cc(OC)cc(N(/C=C2\CCOc3ccccc32)/C=C2\CCOc3ccccc32)c1. The van der Waals surface area contributed by atoms with Gasteiger partial charge in [0.15, 0.2) is 0 Å². The Balaban J connectivity index is 1.65. The van der Waals surface area contributed by atoms with Crippen molar-refractivity contribution in [1.82, 2.24) is 0 Å². The Bertz CT molecular complexity index is 1120. The summed E-state index contributed by atoms with van der Waals surface area (Å²) in [6, 6.07) is 22.3. The average Bonchev–Trinajstić information content (AvgIpc) is 2.88. The summed E-state index contributed by atoms with van der Waals surface area (Å²) < 4.78 is 22.9. The van der Waals surface area contributed by atoms with E-state index in [0.29, 0.717) is 13.2 Å². The van der Waals surface area contributed by atoms with Crippen molar-refractivity contribution in [2.75, 3.05) is 32.3 Å². The molecule has 0 aromatic heterocycles. The summed E-state index contributed by atoms with van der Waals surface area (Å²) in [5.74, 6) is 3.32. The van der Waals surface area contributed by atoms with E-state index < -0.39 is 0 Å². The molecular weight excluding hydrogens is 414 g/mol. The van der Waals surface area contributed by atoms with E-state index in [2.05, 4.69) is 29.4 Å². The lowest BCUT2D eigenvalue weighted by Crippen LogP contribution is -2.15. The van der Waals surface area contributed by atoms with Crippen LogP contribution in [0.5, 0.6) is 23.0 Å². The lowest BCUT2D eigenvalue weighted by molar-refractivity contribution is 0.316. The second-order valence-electron chi connectivity index (χ2n) is 7.98. The van der Waals surface area contributed by atoms with Gasteiger partial charge in [-0.2, -0.15) is 0 Å². The van der Waals surface area contributed by atoms with E-state index in [0.717, 1.165) is 52.7 Å². The second-order valence-corrected chi connectivity index (χ2v) is 7.98. The van der Waals surface area contributed by atoms with Crippen molar-refractivity contribution in [3.05, 3.63) is 90.3 Å². The van der Waals surface area contributed by atoms with Crippen LogP contribution in [0.2, 0.25) is 0 Å². The van der Waals surface area contributed by atoms with E-state index in [1.807, 2.05) is 54.6 Å². The highest BCUT2D eigenvalue weighted by Gasteiger charge is 2.19. The van der Waals surface area contributed by atoms with Gasteiger partial charge in [-0.25, -0.2) is 0 Å². The van der Waals surface area contributed by atoms with Crippen LogP contribution in [0, 0.1) is 0 Å². The average molecular weight is 442 g/mol. The summed E-state index contributed by atoms with van der Waals surface area (Å²) >= 11 is 0. The molecule has 0 aliphatic carbocycles. The fraction of sp³-hybridized carbons (Fsp3) is 0.214. The monoisotopic (exact) mass is 441 g/mol. The fourth-order valence-corrected chi connectivity index (χ4v) is 4.26. The van der Waals surface area contributed by atoms with Gasteiger partial charge < -0.3 is 23.8 Å². The van der Waals surface area contributed by atoms with Crippen molar-refractivity contribution >= 4 is 16.8 Å². The lowest BCUT2D eigenvalue weighted by Gasteiger charge is -2.26. The maximum Gasteiger partial charge on any atom is 0.126 e. The molecule has 0 bridgehead atoms. The van der Waals surface area contributed by atoms with Gasteiger partial charge in [0.2, 0.25) is 0 Å². The van der Waals surface area contributed by atoms with Gasteiger partial charge in [0.25, 0.3) is 0 Å². The molecule has 0 unspecified atom stereocenters. The summed E-state index contributed by atoms with van der Waals surface area (Å²) in [5, 5.41) is 0. The highest BCUT2D eigenvalue weighted by molar-refractivity contribution is 5.79. The van der Waals surface area contributed by atoms with Crippen molar-refractivity contribution in [2.45, 2.75) is 12.8 Å². The van der Waals surface area contributed by atoms with E-state index >= 15 is 0 Å². The number of hydrogen-bond acceptors (Lipinski definition) is 5. The molecule has 0 N–H and O–H groups in total. The van der Waals surface area contributed by atoms with Gasteiger partial charge in [0.05, 0.1) is 33.1 Å². The van der Waals surface area contributed by atoms with Gasteiger partial charge in [-0.05, 0) is 23.3 Å². The van der Waals surface area contributed by atoms with Crippen molar-refractivity contribution in [3.8, 4) is 23.0 Å². The van der Waals surface area contributed by atoms with Crippen LogP contribution in [-0.2, 0) is 0 Å². The van der Waals surface area contributed by atoms with Crippen LogP contribution in [0.4, 0.5) is 5.69 Å². The van der Waals surface area contributed by atoms with Crippen LogP contribution in [-0.4, -0.2) is 27.4 Å². The van der Waals surface area contributed by atoms with E-state index in [4.69, 9.17) is 18.9 Å². The molecule has 0 spiro atoms. The first kappa shape index (κ1) is 21.0. The third kappa shape index (κ3) is 4.40. The Hall–Kier alpha value is -3.86. The first-order chi connectivity index (χ1) is 16.2. The lowest BCUT2D eigenvalue weighted by atomic mass is 9.99. The Morgan fingerprint density at radius 1 is 0.697 bits per heavy atom. The molecule has 168 valence electrons. The number of benzene rings is 3. The molecule has 2 heterocycles. The van der Waals surface area contributed by atoms with Crippen molar-refractivity contribution < 1.29 is 18.9 Å². The molecule has 5 rings (SSSR count). The topological polar surface area (TPSA) is 40.2 Å². The summed E-state index contributed by atoms with van der Waals surface area (Å²) in [4.78, 5) is 2.17. The van der Waals surface area contributed by atoms with Gasteiger partial charge >= 0.3 is 0 Å². The van der Waals surface area contributed by atoms with E-state index in [-0.39, 0.29) is 0 Å². The minimum Gasteiger partial charge on any atom is -0.497 e. The Labute approximate surface area is 194 Å². The predicted octanol–water partition coefficient (Wildman–Crippen LogP) is 6.16. The molecule has 2 aliphatic rings. The molecule has 0 saturated heterocycles. The molecule has 33 heavy (non-hydrogen) atoms. The molecule has 0 atom stereocenters. The summed E-state index contributed by atoms with van der Waals surface area (Å²) in [7, 11) is 3.34. The molecule has 3 aromatic rings. The van der Waals surface area contributed by atoms with Gasteiger partial charge in [0.1, 0.15) is 23.0 Å². The minimum absolute atomic E-state index is 0.658. The van der Waals surface area contributed by atoms with Gasteiger partial charge in [-0.1, -0.05) is 36.4 Å². The van der Waals surface area contributed by atoms with Gasteiger partial charge in [0, 0.05) is 54.6 Å². The zero-order valence-electron chi connectivity index (χ0n) is 18.9. The van der Waals surface area contributed by atoms with E-state index in [1.54, 1.807) is 14.2 Å². The van der Waals surface area contributed by atoms with Crippen molar-refractivity contribution in [1.29, 1.82) is 0 Å². The fourth-order valence-electron chi connectivity index (χ4n) is 4.26. The highest BCUT2D eigenvalue weighted by Crippen LogP contribution is 2.38. The van der Waals surface area contributed by atoms with Crippen LogP contribution >= 0.6 is 0 Å². The number of nitrogens with zero attached hydrogens (tertiary/aromatic N) is 1. The van der Waals surface area contributed by atoms with E-state index in [1.165, 1.54) is 11.1 Å². The van der Waals surface area contributed by atoms with Gasteiger partial charge in [-0.15, -0.1) is 0 Å². The molecule has 0 fully saturated rings. The minimum atomic E-state index is 0.658. The Kier molecular flexibility index (Phi) is 5.94. The quantitative estimate of drug-likeness (QED) is 0.474. The third-order valence-electron chi connectivity index (χ3n) is 5.95. The van der Waals surface area contributed by atoms with Crippen LogP contribution in [0.25, 0.3) is 11.1 Å². The number of para-hydroxylation sites is 2. The Morgan fingerprint density at radius 2 is 1.18 bits per heavy atom. The summed E-state index contributed by atoms with van der Waals surface area (Å²) in [6.07, 6.45) is 6.05. The number of methoxy groups -OCH3 is 2. The smallest absolute Gasteiger partial charge is 0.126 e. The predicted molar refractivity (Wildman–Crippen MR) is 131 cm³/mol. The molecule has 2 aliphatic heterocycles. The molecule has 5 heteroatoms. The first-order valence-electron chi connectivity index (χ1n) is 11.1. The largest absolute Gasteiger partial charge is 0.497 e. The second kappa shape index (κ2) is 9.33. The molecule has 0 radical (unpaired) electrons. The first-order valence-corrected chi connectivity index (χ1v) is 11.1. The van der Waals surface area contributed by atoms with Crippen molar-refractivity contribution in [2.24, 2.45) is 0 Å². The van der Waals surface area contributed by atoms with Crippen LogP contribution in [0.1, 0.15) is 24.0 Å². The van der Waals surface area contributed by atoms with Crippen LogP contribution < -0.4 is 23.8 Å². The highest BCUT2D eigenvalue weighted by atomic mass is 16.5. The molecule has 5 nitrogen and oxygen atoms in total. The van der Waals surface area contributed by atoms with Crippen molar-refractivity contribution in [3.63, 3.8) is 0 Å². The molecule has 0 amide bonds. The van der Waals surface area contributed by atoms with E-state index in [9.17, 15) is 0 Å². The summed E-state index contributed by atoms with van der Waals surface area (Å²) in [5.41, 5.74) is 5.63. The third-order valence-corrected chi connectivity index (χ3v) is 5.95. The number of hydrogen-bond donors (Lipinski definition) is 0. The maximum absolute atomic E-state index is 5.88. The number of fused-ring (bicyclic) bond motifs is 2.